The van der Waals surface area contributed by atoms with Crippen molar-refractivity contribution in [3.63, 3.8) is 0 Å². The fraction of sp³-hybridized carbons (Fsp3) is 0.318. The van der Waals surface area contributed by atoms with E-state index in [1.54, 1.807) is 6.21 Å². The van der Waals surface area contributed by atoms with Gasteiger partial charge in [-0.25, -0.2) is 0 Å². The fourth-order valence-corrected chi connectivity index (χ4v) is 5.54. The second-order valence-electron chi connectivity index (χ2n) is 7.96. The zero-order valence-corrected chi connectivity index (χ0v) is 14.2. The molecule has 0 radical (unpaired) electrons. The molecule has 0 aromatic heterocycles. The highest BCUT2D eigenvalue weighted by Gasteiger charge is 2.67. The van der Waals surface area contributed by atoms with Gasteiger partial charge in [0.15, 0.2) is 0 Å². The third-order valence-corrected chi connectivity index (χ3v) is 6.78. The Balaban J connectivity index is 1.36. The van der Waals surface area contributed by atoms with E-state index >= 15 is 0 Å². The van der Waals surface area contributed by atoms with Gasteiger partial charge in [0, 0.05) is 5.56 Å². The van der Waals surface area contributed by atoms with Gasteiger partial charge in [0.1, 0.15) is 0 Å². The molecule has 128 valence electrons. The molecule has 4 aliphatic carbocycles. The van der Waals surface area contributed by atoms with E-state index < -0.39 is 0 Å². The van der Waals surface area contributed by atoms with Gasteiger partial charge >= 0.3 is 0 Å². The van der Waals surface area contributed by atoms with Crippen LogP contribution in [0.5, 0.6) is 0 Å². The molecule has 5 aliphatic rings. The van der Waals surface area contributed by atoms with E-state index in [1.165, 1.54) is 6.42 Å². The van der Waals surface area contributed by atoms with Crippen LogP contribution in [0.3, 0.4) is 0 Å². The number of hydrazone groups is 1. The number of carbonyl (C=O) groups excluding carboxylic acids is 2. The minimum Gasteiger partial charge on any atom is -0.272 e. The van der Waals surface area contributed by atoms with Crippen molar-refractivity contribution < 1.29 is 9.59 Å². The molecule has 2 saturated carbocycles. The maximum Gasteiger partial charge on any atom is 0.254 e. The van der Waals surface area contributed by atoms with Gasteiger partial charge in [-0.15, -0.1) is 0 Å². The highest BCUT2D eigenvalue weighted by atomic mass is 16.2. The van der Waals surface area contributed by atoms with Crippen LogP contribution in [0.1, 0.15) is 12.0 Å². The Morgan fingerprint density at radius 2 is 1.54 bits per heavy atom. The summed E-state index contributed by atoms with van der Waals surface area (Å²) in [5.41, 5.74) is 0.919. The van der Waals surface area contributed by atoms with Gasteiger partial charge in [0.2, 0.25) is 0 Å². The standard InChI is InChI=1S/C22H18N2O2/c25-21-19-15-8-9-16(18-10-17(15)18)20(19)22(26)24(21)23-11-13-6-3-5-12-4-1-2-7-14(12)13/h1-9,11,15-20H,10H2/b23-11-/t15-,16+,17-,18-,19+,20+/m1/s1. The molecule has 0 spiro atoms. The number of carbonyl (C=O) groups is 2. The second-order valence-corrected chi connectivity index (χ2v) is 7.96. The molecule has 3 fully saturated rings. The normalized spacial score (nSPS) is 36.8. The van der Waals surface area contributed by atoms with Gasteiger partial charge in [-0.05, 0) is 40.9 Å². The summed E-state index contributed by atoms with van der Waals surface area (Å²) in [6.45, 7) is 0. The molecule has 0 unspecified atom stereocenters. The van der Waals surface area contributed by atoms with Crippen LogP contribution < -0.4 is 0 Å². The molecule has 1 heterocycles. The number of amides is 2. The molecule has 7 rings (SSSR count). The maximum atomic E-state index is 12.9. The first kappa shape index (κ1) is 14.4. The van der Waals surface area contributed by atoms with E-state index in [-0.39, 0.29) is 35.5 Å². The van der Waals surface area contributed by atoms with Crippen molar-refractivity contribution in [2.24, 2.45) is 40.6 Å². The molecule has 6 atom stereocenters. The molecule has 1 aliphatic heterocycles. The zero-order chi connectivity index (χ0) is 17.4. The highest BCUT2D eigenvalue weighted by Crippen LogP contribution is 2.65. The Hall–Kier alpha value is -2.75. The number of imide groups is 1. The summed E-state index contributed by atoms with van der Waals surface area (Å²) < 4.78 is 0. The SMILES string of the molecule is O=C1[C@H]2[C@@H]3C=C[C@@H]([C@H]4C[C@H]34)[C@@H]2C(=O)N1/N=C\c1cccc2ccccc12. The van der Waals surface area contributed by atoms with Gasteiger partial charge < -0.3 is 0 Å². The highest BCUT2D eigenvalue weighted by molar-refractivity contribution is 6.07. The molecule has 2 amide bonds. The van der Waals surface area contributed by atoms with Gasteiger partial charge in [-0.3, -0.25) is 9.59 Å². The molecular weight excluding hydrogens is 324 g/mol. The largest absolute Gasteiger partial charge is 0.272 e. The van der Waals surface area contributed by atoms with Gasteiger partial charge in [-0.2, -0.15) is 10.1 Å². The number of allylic oxidation sites excluding steroid dienone is 2. The fourth-order valence-electron chi connectivity index (χ4n) is 5.54. The van der Waals surface area contributed by atoms with E-state index in [2.05, 4.69) is 17.3 Å². The Morgan fingerprint density at radius 3 is 2.27 bits per heavy atom. The first-order valence-electron chi connectivity index (χ1n) is 9.32. The predicted molar refractivity (Wildman–Crippen MR) is 98.1 cm³/mol. The lowest BCUT2D eigenvalue weighted by Gasteiger charge is -2.37. The third-order valence-electron chi connectivity index (χ3n) is 6.78. The quantitative estimate of drug-likeness (QED) is 0.478. The molecule has 2 aromatic rings. The summed E-state index contributed by atoms with van der Waals surface area (Å²) in [7, 11) is 0. The van der Waals surface area contributed by atoms with E-state index in [0.717, 1.165) is 21.3 Å². The number of nitrogens with zero attached hydrogens (tertiary/aromatic N) is 2. The van der Waals surface area contributed by atoms with Crippen LogP contribution in [0.2, 0.25) is 0 Å². The van der Waals surface area contributed by atoms with Crippen LogP contribution in [0.4, 0.5) is 0 Å². The monoisotopic (exact) mass is 342 g/mol. The van der Waals surface area contributed by atoms with Crippen LogP contribution >= 0.6 is 0 Å². The number of hydrogen-bond donors (Lipinski definition) is 0. The van der Waals surface area contributed by atoms with Crippen LogP contribution in [-0.4, -0.2) is 23.0 Å². The number of fused-ring (bicyclic) bond motifs is 1. The minimum absolute atomic E-state index is 0.110. The molecule has 2 bridgehead atoms. The number of rotatable bonds is 2. The average Bonchev–Trinajstić information content (AvgIpc) is 3.45. The summed E-state index contributed by atoms with van der Waals surface area (Å²) >= 11 is 0. The van der Waals surface area contributed by atoms with Crippen LogP contribution in [-0.2, 0) is 9.59 Å². The molecular formula is C22H18N2O2. The molecule has 26 heavy (non-hydrogen) atoms. The Bertz CT molecular complexity index is 982. The van der Waals surface area contributed by atoms with Gasteiger partial charge in [0.25, 0.3) is 11.8 Å². The van der Waals surface area contributed by atoms with Gasteiger partial charge in [0.05, 0.1) is 18.1 Å². The second kappa shape index (κ2) is 4.91. The smallest absolute Gasteiger partial charge is 0.254 e. The molecule has 4 nitrogen and oxygen atoms in total. The van der Waals surface area contributed by atoms with Crippen molar-refractivity contribution in [2.45, 2.75) is 6.42 Å². The summed E-state index contributed by atoms with van der Waals surface area (Å²) in [6, 6.07) is 14.0. The Labute approximate surface area is 151 Å². The number of benzene rings is 2. The van der Waals surface area contributed by atoms with Crippen molar-refractivity contribution >= 4 is 28.8 Å². The topological polar surface area (TPSA) is 49.7 Å². The first-order chi connectivity index (χ1) is 12.7. The average molecular weight is 342 g/mol. The maximum absolute atomic E-state index is 12.9. The summed E-state index contributed by atoms with van der Waals surface area (Å²) in [6.07, 6.45) is 7.20. The Kier molecular flexibility index (Phi) is 2.72. The van der Waals surface area contributed by atoms with Crippen LogP contribution in [0, 0.1) is 35.5 Å². The lowest BCUT2D eigenvalue weighted by atomic mass is 9.63. The van der Waals surface area contributed by atoms with Crippen molar-refractivity contribution in [2.75, 3.05) is 0 Å². The molecule has 2 aromatic carbocycles. The Morgan fingerprint density at radius 1 is 0.885 bits per heavy atom. The van der Waals surface area contributed by atoms with Gasteiger partial charge in [-0.1, -0.05) is 54.6 Å². The lowest BCUT2D eigenvalue weighted by Crippen LogP contribution is -2.40. The third kappa shape index (κ3) is 1.77. The van der Waals surface area contributed by atoms with E-state index in [4.69, 9.17) is 0 Å². The molecule has 4 heteroatoms. The summed E-state index contributed by atoms with van der Waals surface area (Å²) in [5.74, 6) is 1.11. The van der Waals surface area contributed by atoms with Crippen LogP contribution in [0.25, 0.3) is 10.8 Å². The van der Waals surface area contributed by atoms with Crippen molar-refractivity contribution in [3.8, 4) is 0 Å². The summed E-state index contributed by atoms with van der Waals surface area (Å²) in [5, 5.41) is 7.68. The van der Waals surface area contributed by atoms with E-state index in [0.29, 0.717) is 11.8 Å². The zero-order valence-electron chi connectivity index (χ0n) is 14.2. The number of hydrogen-bond acceptors (Lipinski definition) is 3. The predicted octanol–water partition coefficient (Wildman–Crippen LogP) is 3.23. The van der Waals surface area contributed by atoms with Crippen LogP contribution in [0.15, 0.2) is 59.7 Å². The van der Waals surface area contributed by atoms with Crippen molar-refractivity contribution in [1.82, 2.24) is 5.01 Å². The van der Waals surface area contributed by atoms with Crippen molar-refractivity contribution in [1.29, 1.82) is 0 Å². The first-order valence-corrected chi connectivity index (χ1v) is 9.32. The molecule has 0 N–H and O–H groups in total. The van der Waals surface area contributed by atoms with E-state index in [1.807, 2.05) is 42.5 Å². The van der Waals surface area contributed by atoms with E-state index in [9.17, 15) is 9.59 Å². The summed E-state index contributed by atoms with van der Waals surface area (Å²) in [4.78, 5) is 25.9. The van der Waals surface area contributed by atoms with Crippen molar-refractivity contribution in [3.05, 3.63) is 60.2 Å². The minimum atomic E-state index is -0.189. The lowest BCUT2D eigenvalue weighted by molar-refractivity contribution is -0.140. The molecule has 1 saturated heterocycles.